The SMILES string of the molecule is CO[C@H]1[C@@H](O)[C@H](O)[C@H](OC[C@@]23C[C@H]4C(CC[C@H]4C)[C@@]4(C=O)CC2C=C(C(C)C)[C@@]34C(=O)O)O[C@@H]1CO. The lowest BCUT2D eigenvalue weighted by atomic mass is 9.43. The monoisotopic (exact) mass is 508 g/mol. The molecule has 36 heavy (non-hydrogen) atoms. The summed E-state index contributed by atoms with van der Waals surface area (Å²) in [6, 6.07) is 0. The number of methoxy groups -OCH3 is 1. The molecule has 1 saturated heterocycles. The van der Waals surface area contributed by atoms with Crippen LogP contribution in [-0.2, 0) is 23.8 Å². The number of rotatable bonds is 8. The van der Waals surface area contributed by atoms with Crippen molar-refractivity contribution >= 4 is 12.3 Å². The average Bonchev–Trinajstić information content (AvgIpc) is 3.42. The lowest BCUT2D eigenvalue weighted by Gasteiger charge is -2.58. The number of aliphatic hydroxyl groups is 3. The molecule has 5 aliphatic rings. The normalized spacial score (nSPS) is 51.3. The zero-order valence-electron chi connectivity index (χ0n) is 21.5. The van der Waals surface area contributed by atoms with Crippen LogP contribution in [0.25, 0.3) is 0 Å². The summed E-state index contributed by atoms with van der Waals surface area (Å²) in [4.78, 5) is 26.6. The van der Waals surface area contributed by atoms with Crippen molar-refractivity contribution in [1.82, 2.24) is 0 Å². The largest absolute Gasteiger partial charge is 0.481 e. The first-order chi connectivity index (χ1) is 17.1. The van der Waals surface area contributed by atoms with Crippen molar-refractivity contribution in [2.75, 3.05) is 20.3 Å². The molecular formula is C27H40O9. The smallest absolute Gasteiger partial charge is 0.315 e. The van der Waals surface area contributed by atoms with E-state index in [1.165, 1.54) is 7.11 Å². The maximum atomic E-state index is 13.5. The van der Waals surface area contributed by atoms with Crippen LogP contribution in [0.2, 0.25) is 0 Å². The number of aliphatic hydroxyl groups excluding tert-OH is 3. The van der Waals surface area contributed by atoms with E-state index in [2.05, 4.69) is 13.0 Å². The van der Waals surface area contributed by atoms with Gasteiger partial charge in [0.2, 0.25) is 0 Å². The highest BCUT2D eigenvalue weighted by molar-refractivity contribution is 5.90. The van der Waals surface area contributed by atoms with Crippen molar-refractivity contribution in [3.63, 3.8) is 0 Å². The Morgan fingerprint density at radius 3 is 2.56 bits per heavy atom. The van der Waals surface area contributed by atoms with E-state index in [1.54, 1.807) is 0 Å². The molecule has 0 aromatic rings. The van der Waals surface area contributed by atoms with Crippen LogP contribution in [0.5, 0.6) is 0 Å². The molecule has 9 nitrogen and oxygen atoms in total. The summed E-state index contributed by atoms with van der Waals surface area (Å²) in [7, 11) is 1.36. The second kappa shape index (κ2) is 8.85. The van der Waals surface area contributed by atoms with Crippen molar-refractivity contribution in [3.8, 4) is 0 Å². The molecule has 4 bridgehead atoms. The van der Waals surface area contributed by atoms with Gasteiger partial charge in [-0.15, -0.1) is 0 Å². The van der Waals surface area contributed by atoms with E-state index in [9.17, 15) is 30.0 Å². The highest BCUT2D eigenvalue weighted by atomic mass is 16.7. The Bertz CT molecular complexity index is 932. The van der Waals surface area contributed by atoms with Crippen LogP contribution in [-0.4, -0.2) is 83.7 Å². The number of carbonyl (C=O) groups is 2. The molecule has 12 atom stereocenters. The third-order valence-corrected chi connectivity index (χ3v) is 10.7. The Hall–Kier alpha value is -1.36. The van der Waals surface area contributed by atoms with E-state index in [0.717, 1.165) is 24.7 Å². The summed E-state index contributed by atoms with van der Waals surface area (Å²) in [5.41, 5.74) is -2.47. The van der Waals surface area contributed by atoms with E-state index in [4.69, 9.17) is 14.2 Å². The third-order valence-electron chi connectivity index (χ3n) is 10.7. The fraction of sp³-hybridized carbons (Fsp3) is 0.852. The lowest BCUT2D eigenvalue weighted by Crippen LogP contribution is -2.64. The van der Waals surface area contributed by atoms with Gasteiger partial charge in [0.15, 0.2) is 6.29 Å². The van der Waals surface area contributed by atoms with Gasteiger partial charge in [-0.05, 0) is 48.9 Å². The molecule has 0 radical (unpaired) electrons. The molecule has 202 valence electrons. The molecule has 1 heterocycles. The number of carboxylic acids is 1. The Morgan fingerprint density at radius 1 is 1.25 bits per heavy atom. The summed E-state index contributed by atoms with van der Waals surface area (Å²) in [6.07, 6.45) is 0.0714. The highest BCUT2D eigenvalue weighted by Gasteiger charge is 2.84. The van der Waals surface area contributed by atoms with Crippen LogP contribution in [0.1, 0.15) is 46.5 Å². The van der Waals surface area contributed by atoms with Crippen LogP contribution >= 0.6 is 0 Å². The predicted molar refractivity (Wildman–Crippen MR) is 127 cm³/mol. The minimum atomic E-state index is -1.44. The van der Waals surface area contributed by atoms with Crippen molar-refractivity contribution < 1.29 is 44.2 Å². The van der Waals surface area contributed by atoms with E-state index < -0.39 is 59.5 Å². The number of hydrogen-bond donors (Lipinski definition) is 4. The zero-order valence-corrected chi connectivity index (χ0v) is 21.5. The zero-order chi connectivity index (χ0) is 26.2. The van der Waals surface area contributed by atoms with E-state index in [1.807, 2.05) is 13.8 Å². The van der Waals surface area contributed by atoms with Gasteiger partial charge in [-0.25, -0.2) is 0 Å². The number of aliphatic carboxylic acids is 1. The topological polar surface area (TPSA) is 143 Å². The lowest BCUT2D eigenvalue weighted by molar-refractivity contribution is -0.313. The first kappa shape index (κ1) is 26.3. The molecule has 0 amide bonds. The van der Waals surface area contributed by atoms with Crippen molar-refractivity contribution in [2.45, 2.75) is 77.2 Å². The highest BCUT2D eigenvalue weighted by Crippen LogP contribution is 2.82. The van der Waals surface area contributed by atoms with Gasteiger partial charge in [-0.1, -0.05) is 38.8 Å². The van der Waals surface area contributed by atoms with E-state index >= 15 is 0 Å². The molecular weight excluding hydrogens is 468 g/mol. The number of aldehydes is 1. The van der Waals surface area contributed by atoms with Gasteiger partial charge in [0.1, 0.15) is 36.1 Å². The summed E-state index contributed by atoms with van der Waals surface area (Å²) >= 11 is 0. The van der Waals surface area contributed by atoms with Crippen LogP contribution in [0.3, 0.4) is 0 Å². The summed E-state index contributed by atoms with van der Waals surface area (Å²) in [5.74, 6) is -0.586. The number of allylic oxidation sites excluding steroid dienone is 1. The van der Waals surface area contributed by atoms with Gasteiger partial charge in [0.25, 0.3) is 0 Å². The Kier molecular flexibility index (Phi) is 6.45. The molecule has 4 aliphatic carbocycles. The number of hydrogen-bond acceptors (Lipinski definition) is 8. The van der Waals surface area contributed by atoms with Crippen LogP contribution in [0.15, 0.2) is 11.6 Å². The number of carboxylic acid groups (broad SMARTS) is 1. The third kappa shape index (κ3) is 2.98. The summed E-state index contributed by atoms with van der Waals surface area (Å²) < 4.78 is 17.2. The maximum absolute atomic E-state index is 13.5. The number of fused-ring (bicyclic) bond motifs is 2. The summed E-state index contributed by atoms with van der Waals surface area (Å²) in [6.45, 7) is 5.68. The molecule has 0 spiro atoms. The number of ether oxygens (including phenoxy) is 3. The molecule has 1 aliphatic heterocycles. The molecule has 9 heteroatoms. The van der Waals surface area contributed by atoms with Crippen molar-refractivity contribution in [2.24, 2.45) is 45.8 Å². The molecule has 2 unspecified atom stereocenters. The molecule has 4 fully saturated rings. The molecule has 0 aromatic heterocycles. The van der Waals surface area contributed by atoms with Gasteiger partial charge >= 0.3 is 5.97 Å². The molecule has 0 aromatic carbocycles. The van der Waals surface area contributed by atoms with Crippen molar-refractivity contribution in [3.05, 3.63) is 11.6 Å². The van der Waals surface area contributed by atoms with Crippen LogP contribution in [0.4, 0.5) is 0 Å². The van der Waals surface area contributed by atoms with Gasteiger partial charge < -0.3 is 39.4 Å². The second-order valence-electron chi connectivity index (χ2n) is 12.2. The first-order valence-corrected chi connectivity index (χ1v) is 13.2. The minimum absolute atomic E-state index is 0.0150. The first-order valence-electron chi connectivity index (χ1n) is 13.2. The molecule has 5 rings (SSSR count). The Morgan fingerprint density at radius 2 is 1.97 bits per heavy atom. The second-order valence-corrected chi connectivity index (χ2v) is 12.2. The van der Waals surface area contributed by atoms with Gasteiger partial charge in [0.05, 0.1) is 18.6 Å². The van der Waals surface area contributed by atoms with Gasteiger partial charge in [0, 0.05) is 12.5 Å². The fourth-order valence-corrected chi connectivity index (χ4v) is 9.35. The van der Waals surface area contributed by atoms with Gasteiger partial charge in [-0.3, -0.25) is 4.79 Å². The van der Waals surface area contributed by atoms with E-state index in [-0.39, 0.29) is 30.3 Å². The van der Waals surface area contributed by atoms with Crippen molar-refractivity contribution in [1.29, 1.82) is 0 Å². The quantitative estimate of drug-likeness (QED) is 0.282. The summed E-state index contributed by atoms with van der Waals surface area (Å²) in [5, 5.41) is 42.1. The Balaban J connectivity index is 1.56. The molecule has 3 saturated carbocycles. The van der Waals surface area contributed by atoms with E-state index in [0.29, 0.717) is 18.8 Å². The maximum Gasteiger partial charge on any atom is 0.315 e. The van der Waals surface area contributed by atoms with Gasteiger partial charge in [-0.2, -0.15) is 0 Å². The van der Waals surface area contributed by atoms with Crippen LogP contribution in [0, 0.1) is 45.8 Å². The van der Waals surface area contributed by atoms with Crippen LogP contribution < -0.4 is 0 Å². The minimum Gasteiger partial charge on any atom is -0.481 e. The predicted octanol–water partition coefficient (Wildman–Crippen LogP) is 1.38. The fourth-order valence-electron chi connectivity index (χ4n) is 9.35. The Labute approximate surface area is 211 Å². The standard InChI is InChI=1S/C27H40O9/c1-13(2)18-7-15-8-25(11-29)17-6-5-14(3)16(17)9-26(15,27(18,25)24(32)33)12-35-23-21(31)20(30)22(34-4)19(10-28)36-23/h7,11,13-17,19-23,28,30-31H,5-6,8-10,12H2,1-4H3,(H,32,33)/t14-,15?,16-,17?,19-,20+,21+,22-,23-,25+,26+,27+/m1/s1. The average molecular weight is 509 g/mol. The number of carbonyl (C=O) groups excluding carboxylic acids is 1. The molecule has 4 N–H and O–H groups in total.